The number of hydroxylamine groups is 2. The van der Waals surface area contributed by atoms with Crippen molar-refractivity contribution in [1.29, 1.82) is 0 Å². The Hall–Kier alpha value is -2.50. The first-order valence-corrected chi connectivity index (χ1v) is 7.83. The zero-order valence-electron chi connectivity index (χ0n) is 12.6. The summed E-state index contributed by atoms with van der Waals surface area (Å²) in [5, 5.41) is 10.8. The van der Waals surface area contributed by atoms with Crippen LogP contribution in [0.2, 0.25) is 0 Å². The average Bonchev–Trinajstić information content (AvgIpc) is 3.20. The number of hydrogen-bond acceptors (Lipinski definition) is 3. The molecule has 2 atom stereocenters. The van der Waals surface area contributed by atoms with Crippen molar-refractivity contribution >= 4 is 12.0 Å². The standard InChI is InChI=1S/C17H18N2O4/c20-15(21)13-10-17(8-9-17)14-11-18(13)16(22)19(14)23-12-6-4-2-1-3-5-7-12/h1-7,13-14H,8-11H2,(H,20,21)/b2-1-,3-1?,4-2?,5-3-,6-4?,7-5?,12-6?,12-7?. The molecule has 2 bridgehead atoms. The number of amides is 2. The third-order valence-electron chi connectivity index (χ3n) is 5.12. The molecule has 2 heterocycles. The van der Waals surface area contributed by atoms with Gasteiger partial charge in [-0.25, -0.2) is 9.59 Å². The maximum Gasteiger partial charge on any atom is 0.354 e. The number of rotatable bonds is 3. The first-order chi connectivity index (χ1) is 11.1. The van der Waals surface area contributed by atoms with Crippen LogP contribution < -0.4 is 0 Å². The van der Waals surface area contributed by atoms with Gasteiger partial charge < -0.3 is 14.8 Å². The van der Waals surface area contributed by atoms with Crippen molar-refractivity contribution in [3.05, 3.63) is 48.3 Å². The molecule has 2 aliphatic carbocycles. The molecular weight excluding hydrogens is 296 g/mol. The zero-order valence-corrected chi connectivity index (χ0v) is 12.6. The summed E-state index contributed by atoms with van der Waals surface area (Å²) in [6, 6.07) is -1.15. The fourth-order valence-corrected chi connectivity index (χ4v) is 3.68. The van der Waals surface area contributed by atoms with E-state index in [1.807, 2.05) is 30.4 Å². The summed E-state index contributed by atoms with van der Waals surface area (Å²) in [6.07, 6.45) is 15.4. The van der Waals surface area contributed by atoms with Gasteiger partial charge >= 0.3 is 12.0 Å². The maximum absolute atomic E-state index is 12.6. The summed E-state index contributed by atoms with van der Waals surface area (Å²) in [6.45, 7) is 0.433. The Morgan fingerprint density at radius 2 is 1.96 bits per heavy atom. The van der Waals surface area contributed by atoms with Crippen LogP contribution in [0.25, 0.3) is 0 Å². The van der Waals surface area contributed by atoms with Crippen molar-refractivity contribution in [3.63, 3.8) is 0 Å². The van der Waals surface area contributed by atoms with Gasteiger partial charge in [0.1, 0.15) is 6.04 Å². The Bertz CT molecular complexity index is 672. The lowest BCUT2D eigenvalue weighted by Crippen LogP contribution is -2.49. The van der Waals surface area contributed by atoms with Crippen LogP contribution in [0.15, 0.2) is 48.3 Å². The van der Waals surface area contributed by atoms with Crippen LogP contribution in [0.1, 0.15) is 19.3 Å². The van der Waals surface area contributed by atoms with Crippen LogP contribution in [-0.4, -0.2) is 45.7 Å². The molecule has 2 unspecified atom stereocenters. The zero-order chi connectivity index (χ0) is 16.0. The van der Waals surface area contributed by atoms with E-state index in [4.69, 9.17) is 4.84 Å². The first-order valence-electron chi connectivity index (χ1n) is 7.83. The highest BCUT2D eigenvalue weighted by molar-refractivity contribution is 5.85. The number of nitrogens with zero attached hydrogens (tertiary/aromatic N) is 2. The van der Waals surface area contributed by atoms with Crippen LogP contribution in [0, 0.1) is 5.41 Å². The second-order valence-corrected chi connectivity index (χ2v) is 6.49. The van der Waals surface area contributed by atoms with Gasteiger partial charge in [-0.05, 0) is 36.8 Å². The summed E-state index contributed by atoms with van der Waals surface area (Å²) in [5.74, 6) is -0.363. The number of allylic oxidation sites excluding steroid dienone is 7. The summed E-state index contributed by atoms with van der Waals surface area (Å²) in [7, 11) is 0. The molecule has 120 valence electrons. The minimum absolute atomic E-state index is 0.0649. The molecule has 2 saturated heterocycles. The molecule has 4 aliphatic rings. The van der Waals surface area contributed by atoms with Crippen LogP contribution in [0.5, 0.6) is 0 Å². The SMILES string of the molecule is O=C(O)C1CC2(CC2)C2CN1C(=O)N2OC1=C/C=C\C=C/C=C1. The molecule has 1 saturated carbocycles. The molecule has 3 fully saturated rings. The van der Waals surface area contributed by atoms with Gasteiger partial charge in [0.15, 0.2) is 5.76 Å². The third-order valence-corrected chi connectivity index (χ3v) is 5.12. The largest absolute Gasteiger partial charge is 0.480 e. The Labute approximate surface area is 134 Å². The van der Waals surface area contributed by atoms with E-state index in [0.717, 1.165) is 12.8 Å². The summed E-state index contributed by atoms with van der Waals surface area (Å²) < 4.78 is 0. The molecule has 0 radical (unpaired) electrons. The van der Waals surface area contributed by atoms with E-state index in [9.17, 15) is 14.7 Å². The van der Waals surface area contributed by atoms with Crippen molar-refractivity contribution in [1.82, 2.24) is 9.96 Å². The van der Waals surface area contributed by atoms with E-state index in [1.54, 1.807) is 12.2 Å². The monoisotopic (exact) mass is 314 g/mol. The Morgan fingerprint density at radius 3 is 2.70 bits per heavy atom. The topological polar surface area (TPSA) is 70.1 Å². The van der Waals surface area contributed by atoms with Crippen molar-refractivity contribution in [3.8, 4) is 0 Å². The van der Waals surface area contributed by atoms with Gasteiger partial charge in [0, 0.05) is 6.54 Å². The Kier molecular flexibility index (Phi) is 3.07. The van der Waals surface area contributed by atoms with Crippen LogP contribution in [-0.2, 0) is 9.63 Å². The molecule has 0 aromatic rings. The van der Waals surface area contributed by atoms with Gasteiger partial charge in [0.05, 0.1) is 6.04 Å². The Morgan fingerprint density at radius 1 is 1.22 bits per heavy atom. The summed E-state index contributed by atoms with van der Waals surface area (Å²) in [4.78, 5) is 31.4. The molecular formula is C17H18N2O4. The predicted molar refractivity (Wildman–Crippen MR) is 82.0 cm³/mol. The van der Waals surface area contributed by atoms with Crippen molar-refractivity contribution in [2.45, 2.75) is 31.3 Å². The lowest BCUT2D eigenvalue weighted by Gasteiger charge is -2.34. The van der Waals surface area contributed by atoms with E-state index in [2.05, 4.69) is 0 Å². The molecule has 6 nitrogen and oxygen atoms in total. The molecule has 2 amide bonds. The number of urea groups is 1. The van der Waals surface area contributed by atoms with Crippen LogP contribution in [0.3, 0.4) is 0 Å². The molecule has 23 heavy (non-hydrogen) atoms. The minimum Gasteiger partial charge on any atom is -0.480 e. The molecule has 0 aromatic heterocycles. The minimum atomic E-state index is -0.928. The number of carboxylic acid groups (broad SMARTS) is 1. The average molecular weight is 314 g/mol. The Balaban J connectivity index is 1.60. The van der Waals surface area contributed by atoms with Gasteiger partial charge in [-0.2, -0.15) is 5.06 Å². The highest BCUT2D eigenvalue weighted by Gasteiger charge is 2.65. The lowest BCUT2D eigenvalue weighted by molar-refractivity contribution is -0.144. The van der Waals surface area contributed by atoms with Crippen molar-refractivity contribution in [2.75, 3.05) is 6.54 Å². The van der Waals surface area contributed by atoms with E-state index >= 15 is 0 Å². The fraction of sp³-hybridized carbons (Fsp3) is 0.412. The smallest absolute Gasteiger partial charge is 0.354 e. The molecule has 4 rings (SSSR count). The van der Waals surface area contributed by atoms with E-state index in [0.29, 0.717) is 18.7 Å². The highest BCUT2D eigenvalue weighted by Crippen LogP contribution is 2.59. The normalized spacial score (nSPS) is 33.0. The number of hydrogen-bond donors (Lipinski definition) is 1. The van der Waals surface area contributed by atoms with Crippen LogP contribution >= 0.6 is 0 Å². The third kappa shape index (κ3) is 2.25. The summed E-state index contributed by atoms with van der Waals surface area (Å²) >= 11 is 0. The number of fused-ring (bicyclic) bond motifs is 3. The molecule has 2 aliphatic heterocycles. The van der Waals surface area contributed by atoms with Gasteiger partial charge in [0.2, 0.25) is 0 Å². The van der Waals surface area contributed by atoms with Crippen molar-refractivity contribution in [2.24, 2.45) is 5.41 Å². The highest BCUT2D eigenvalue weighted by atomic mass is 16.7. The summed E-state index contributed by atoms with van der Waals surface area (Å²) in [5.41, 5.74) is -0.0899. The van der Waals surface area contributed by atoms with Gasteiger partial charge in [0.25, 0.3) is 0 Å². The second-order valence-electron chi connectivity index (χ2n) is 6.49. The second kappa shape index (κ2) is 5.01. The van der Waals surface area contributed by atoms with E-state index in [1.165, 1.54) is 9.96 Å². The fourth-order valence-electron chi connectivity index (χ4n) is 3.68. The molecule has 1 N–H and O–H groups in total. The molecule has 1 spiro atoms. The van der Waals surface area contributed by atoms with Crippen molar-refractivity contribution < 1.29 is 19.5 Å². The van der Waals surface area contributed by atoms with Crippen LogP contribution in [0.4, 0.5) is 4.79 Å². The van der Waals surface area contributed by atoms with E-state index in [-0.39, 0.29) is 17.5 Å². The number of piperidine rings is 1. The van der Waals surface area contributed by atoms with E-state index < -0.39 is 12.0 Å². The number of carbonyl (C=O) groups excluding carboxylic acids is 1. The van der Waals surface area contributed by atoms with Gasteiger partial charge in [-0.3, -0.25) is 0 Å². The van der Waals surface area contributed by atoms with Gasteiger partial charge in [-0.1, -0.05) is 30.4 Å². The maximum atomic E-state index is 12.6. The number of carbonyl (C=O) groups is 2. The number of carboxylic acids is 1. The first kappa shape index (κ1) is 14.1. The van der Waals surface area contributed by atoms with Gasteiger partial charge in [-0.15, -0.1) is 0 Å². The molecule has 6 heteroatoms. The predicted octanol–water partition coefficient (Wildman–Crippen LogP) is 2.23. The molecule has 0 aromatic carbocycles. The quantitative estimate of drug-likeness (QED) is 0.867. The number of aliphatic carboxylic acids is 1. The lowest BCUT2D eigenvalue weighted by atomic mass is 9.85.